The van der Waals surface area contributed by atoms with Gasteiger partial charge in [-0.1, -0.05) is 75.4 Å². The van der Waals surface area contributed by atoms with Crippen molar-refractivity contribution < 1.29 is 41.8 Å². The number of aryl methyl sites for hydroxylation is 1. The van der Waals surface area contributed by atoms with Crippen LogP contribution in [0, 0.1) is 23.7 Å². The SMILES string of the molecule is Cc1ncsc1-c1ccc(CNC(=O)[C@@H]2CCCN2C(=O)C(NC(=O)COc2cccc(Oc3ccc(-c4ccc(N5C(=S)N(c6ccc(C#N)c(C(F)(F)F)c6)C(=O)C5(C)C)cc4)cc3)c2)C(C)(C)C)cc1. The van der Waals surface area contributed by atoms with E-state index < -0.39 is 52.2 Å². The van der Waals surface area contributed by atoms with Gasteiger partial charge in [-0.3, -0.25) is 24.1 Å². The number of nitrogens with one attached hydrogen (secondary N) is 2. The third-order valence-electron chi connectivity index (χ3n) is 12.8. The Morgan fingerprint density at radius 2 is 1.53 bits per heavy atom. The highest BCUT2D eigenvalue weighted by Gasteiger charge is 2.51. The molecule has 1 unspecified atom stereocenters. The number of thiocarbonyl (C=S) groups is 1. The minimum Gasteiger partial charge on any atom is -0.484 e. The van der Waals surface area contributed by atoms with Gasteiger partial charge in [0, 0.05) is 24.8 Å². The van der Waals surface area contributed by atoms with Crippen molar-refractivity contribution in [3.63, 3.8) is 0 Å². The van der Waals surface area contributed by atoms with Gasteiger partial charge in [-0.05, 0) is 128 Å². The lowest BCUT2D eigenvalue weighted by atomic mass is 9.85. The van der Waals surface area contributed by atoms with E-state index >= 15 is 0 Å². The molecule has 13 nitrogen and oxygen atoms in total. The van der Waals surface area contributed by atoms with Gasteiger partial charge in [0.2, 0.25) is 11.8 Å². The number of halogens is 3. The molecule has 6 aromatic rings. The van der Waals surface area contributed by atoms with Crippen LogP contribution < -0.4 is 29.9 Å². The van der Waals surface area contributed by atoms with E-state index in [0.29, 0.717) is 48.9 Å². The lowest BCUT2D eigenvalue weighted by molar-refractivity contribution is -0.144. The summed E-state index contributed by atoms with van der Waals surface area (Å²) >= 11 is 7.27. The number of carbonyl (C=O) groups excluding carboxylic acids is 4. The highest BCUT2D eigenvalue weighted by molar-refractivity contribution is 7.81. The number of rotatable bonds is 14. The van der Waals surface area contributed by atoms with Crippen LogP contribution in [-0.4, -0.2) is 69.4 Å². The second kappa shape index (κ2) is 20.8. The summed E-state index contributed by atoms with van der Waals surface area (Å²) in [4.78, 5) is 64.3. The fourth-order valence-corrected chi connectivity index (χ4v) is 10.2. The van der Waals surface area contributed by atoms with E-state index in [0.717, 1.165) is 49.9 Å². The van der Waals surface area contributed by atoms with Gasteiger partial charge in [0.1, 0.15) is 34.9 Å². The van der Waals surface area contributed by atoms with Crippen LogP contribution in [0.5, 0.6) is 17.2 Å². The summed E-state index contributed by atoms with van der Waals surface area (Å²) in [5.41, 5.74) is 3.26. The van der Waals surface area contributed by atoms with Crippen LogP contribution in [0.1, 0.15) is 69.8 Å². The van der Waals surface area contributed by atoms with Gasteiger partial charge in [-0.15, -0.1) is 11.3 Å². The summed E-state index contributed by atoms with van der Waals surface area (Å²) < 4.78 is 53.4. The Kier molecular flexibility index (Phi) is 14.8. The van der Waals surface area contributed by atoms with Crippen molar-refractivity contribution >= 4 is 63.7 Å². The molecule has 73 heavy (non-hydrogen) atoms. The number of ether oxygens (including phenoxy) is 2. The van der Waals surface area contributed by atoms with Crippen molar-refractivity contribution in [2.24, 2.45) is 5.41 Å². The molecule has 0 bridgehead atoms. The molecule has 0 aliphatic carbocycles. The maximum Gasteiger partial charge on any atom is 0.417 e. The first-order valence-electron chi connectivity index (χ1n) is 23.4. The van der Waals surface area contributed by atoms with E-state index in [9.17, 15) is 37.6 Å². The van der Waals surface area contributed by atoms with E-state index in [4.69, 9.17) is 21.7 Å². The zero-order valence-corrected chi connectivity index (χ0v) is 42.5. The van der Waals surface area contributed by atoms with E-state index in [1.54, 1.807) is 89.6 Å². The first kappa shape index (κ1) is 51.7. The molecule has 0 spiro atoms. The standard InChI is InChI=1S/C55H52F3N7O6S2/c1-33-47(73-32-61-33)37-14-12-34(13-15-37)30-60-49(67)45-11-8-26-63(45)50(68)48(53(2,3)4)62-46(66)31-70-42-9-7-10-43(28-42)71-41-24-19-36(20-25-41)35-16-21-39(22-17-35)65-52(72)64(51(69)54(65,5)6)40-23-18-38(29-59)44(27-40)55(56,57)58/h7,9-10,12-25,27-28,32,45,48H,8,11,26,30-31H2,1-6H3,(H,60,67)(H,62,66)/t45-,48?/m0/s1. The van der Waals surface area contributed by atoms with E-state index in [1.165, 1.54) is 6.07 Å². The molecule has 2 aliphatic heterocycles. The molecule has 2 saturated heterocycles. The molecule has 3 heterocycles. The summed E-state index contributed by atoms with van der Waals surface area (Å²) in [5.74, 6) is -0.282. The number of aromatic nitrogens is 1. The van der Waals surface area contributed by atoms with Gasteiger partial charge >= 0.3 is 6.18 Å². The van der Waals surface area contributed by atoms with Gasteiger partial charge in [0.25, 0.3) is 11.8 Å². The number of carbonyl (C=O) groups is 4. The first-order chi connectivity index (χ1) is 34.6. The Balaban J connectivity index is 0.846. The monoisotopic (exact) mass is 1030 g/mol. The molecule has 18 heteroatoms. The predicted octanol–water partition coefficient (Wildman–Crippen LogP) is 10.6. The molecule has 376 valence electrons. The summed E-state index contributed by atoms with van der Waals surface area (Å²) in [6.45, 7) is 11.1. The molecule has 5 aromatic carbocycles. The summed E-state index contributed by atoms with van der Waals surface area (Å²) in [7, 11) is 0. The Hall–Kier alpha value is -7.62. The van der Waals surface area contributed by atoms with Crippen molar-refractivity contribution in [3.8, 4) is 44.9 Å². The minimum absolute atomic E-state index is 0.00621. The van der Waals surface area contributed by atoms with Crippen LogP contribution in [0.3, 0.4) is 0 Å². The number of benzene rings is 5. The number of nitriles is 1. The van der Waals surface area contributed by atoms with Crippen LogP contribution in [0.2, 0.25) is 0 Å². The van der Waals surface area contributed by atoms with Crippen molar-refractivity contribution in [2.45, 2.75) is 84.7 Å². The van der Waals surface area contributed by atoms with Gasteiger partial charge in [0.15, 0.2) is 11.7 Å². The van der Waals surface area contributed by atoms with E-state index in [2.05, 4.69) is 15.6 Å². The highest BCUT2D eigenvalue weighted by Crippen LogP contribution is 2.41. The van der Waals surface area contributed by atoms with Crippen LogP contribution in [0.4, 0.5) is 24.5 Å². The maximum absolute atomic E-state index is 14.1. The Morgan fingerprint density at radius 3 is 2.16 bits per heavy atom. The van der Waals surface area contributed by atoms with Crippen molar-refractivity contribution in [3.05, 3.63) is 143 Å². The Morgan fingerprint density at radius 1 is 0.890 bits per heavy atom. The fraction of sp³-hybridized carbons (Fsp3) is 0.291. The minimum atomic E-state index is -4.81. The molecule has 0 saturated carbocycles. The molecule has 4 amide bonds. The lowest BCUT2D eigenvalue weighted by Gasteiger charge is -2.35. The molecule has 2 fully saturated rings. The predicted molar refractivity (Wildman–Crippen MR) is 277 cm³/mol. The number of alkyl halides is 3. The van der Waals surface area contributed by atoms with Crippen LogP contribution >= 0.6 is 23.6 Å². The van der Waals surface area contributed by atoms with Gasteiger partial charge in [0.05, 0.1) is 39.0 Å². The summed E-state index contributed by atoms with van der Waals surface area (Å²) in [6, 6.07) is 32.3. The zero-order valence-electron chi connectivity index (χ0n) is 40.9. The van der Waals surface area contributed by atoms with Crippen molar-refractivity contribution in [1.82, 2.24) is 20.5 Å². The maximum atomic E-state index is 14.1. The average molecular weight is 1030 g/mol. The molecule has 2 N–H and O–H groups in total. The molecular formula is C55H52F3N7O6S2. The number of thiazole rings is 1. The number of anilines is 2. The number of nitrogens with zero attached hydrogens (tertiary/aromatic N) is 5. The largest absolute Gasteiger partial charge is 0.484 e. The summed E-state index contributed by atoms with van der Waals surface area (Å²) in [5, 5.41) is 15.1. The van der Waals surface area contributed by atoms with Gasteiger partial charge in [-0.25, -0.2) is 4.98 Å². The van der Waals surface area contributed by atoms with Crippen molar-refractivity contribution in [1.29, 1.82) is 5.26 Å². The average Bonchev–Trinajstić information content (AvgIpc) is 4.08. The smallest absolute Gasteiger partial charge is 0.417 e. The van der Waals surface area contributed by atoms with Crippen LogP contribution in [0.15, 0.2) is 121 Å². The van der Waals surface area contributed by atoms with Gasteiger partial charge in [-0.2, -0.15) is 18.4 Å². The second-order valence-electron chi connectivity index (χ2n) is 19.3. The Labute approximate surface area is 430 Å². The molecule has 1 aromatic heterocycles. The zero-order chi connectivity index (χ0) is 52.4. The van der Waals surface area contributed by atoms with Crippen molar-refractivity contribution in [2.75, 3.05) is 23.0 Å². The second-order valence-corrected chi connectivity index (χ2v) is 20.6. The normalized spacial score (nSPS) is 16.0. The van der Waals surface area contributed by atoms with Crippen LogP contribution in [0.25, 0.3) is 21.6 Å². The van der Waals surface area contributed by atoms with Gasteiger partial charge < -0.3 is 29.9 Å². The molecule has 8 rings (SSSR count). The lowest BCUT2D eigenvalue weighted by Crippen LogP contribution is -2.58. The summed E-state index contributed by atoms with van der Waals surface area (Å²) in [6.07, 6.45) is -3.64. The fourth-order valence-electron chi connectivity index (χ4n) is 8.87. The number of amides is 4. The van der Waals surface area contributed by atoms with E-state index in [-0.39, 0.29) is 29.2 Å². The number of hydrogen-bond acceptors (Lipinski definition) is 10. The molecule has 2 atom stereocenters. The third kappa shape index (κ3) is 11.2. The van der Waals surface area contributed by atoms with Crippen LogP contribution in [-0.2, 0) is 31.9 Å². The quantitative estimate of drug-likeness (QED) is 0.101. The topological polar surface area (TPSA) is 157 Å². The highest BCUT2D eigenvalue weighted by atomic mass is 32.1. The third-order valence-corrected chi connectivity index (χ3v) is 14.1. The molecule has 2 aliphatic rings. The molecule has 0 radical (unpaired) electrons. The van der Waals surface area contributed by atoms with E-state index in [1.807, 2.05) is 81.7 Å². The first-order valence-corrected chi connectivity index (χ1v) is 24.7. The number of likely N-dealkylation sites (tertiary alicyclic amines) is 1. The molecular weight excluding hydrogens is 976 g/mol. The number of hydrogen-bond donors (Lipinski definition) is 2. The Bertz CT molecular complexity index is 3110.